The van der Waals surface area contributed by atoms with Crippen molar-refractivity contribution in [2.75, 3.05) is 0 Å². The molecule has 0 saturated heterocycles. The first-order valence-corrected chi connectivity index (χ1v) is 11.1. The zero-order valence-electron chi connectivity index (χ0n) is 15.0. The van der Waals surface area contributed by atoms with Gasteiger partial charge in [-0.2, -0.15) is 16.8 Å². The summed E-state index contributed by atoms with van der Waals surface area (Å²) >= 11 is 0. The molecule has 0 atom stereocenters. The van der Waals surface area contributed by atoms with Crippen molar-refractivity contribution >= 4 is 20.2 Å². The summed E-state index contributed by atoms with van der Waals surface area (Å²) in [4.78, 5) is 0. The Morgan fingerprint density at radius 1 is 0.708 bits per heavy atom. The quantitative estimate of drug-likeness (QED) is 0.346. The molecule has 3 N–H and O–H groups in total. The van der Waals surface area contributed by atoms with Gasteiger partial charge in [-0.3, -0.25) is 9.11 Å². The van der Waals surface area contributed by atoms with Gasteiger partial charge in [-0.15, -0.1) is 0 Å². The summed E-state index contributed by atoms with van der Waals surface area (Å²) in [5.41, 5.74) is 0. The van der Waals surface area contributed by atoms with E-state index >= 15 is 0 Å². The van der Waals surface area contributed by atoms with Crippen LogP contribution in [0.3, 0.4) is 0 Å². The van der Waals surface area contributed by atoms with Crippen molar-refractivity contribution in [2.45, 2.75) is 94.7 Å². The maximum absolute atomic E-state index is 11.2. The molecule has 7 nitrogen and oxygen atoms in total. The number of unbranched alkanes of at least 4 members (excludes halogenated alkanes) is 2. The molecule has 0 radical (unpaired) electrons. The van der Waals surface area contributed by atoms with E-state index in [-0.39, 0.29) is 0 Å². The highest BCUT2D eigenvalue weighted by molar-refractivity contribution is 7.87. The number of rotatable bonds is 12. The van der Waals surface area contributed by atoms with Gasteiger partial charge in [0.05, 0.1) is 15.6 Å². The first-order chi connectivity index (χ1) is 10.6. The SMILES string of the molecule is CC(C)(CCCCC(O)CCCCC(C)(C)S(=O)(=O)O)S(=O)(=O)O. The Morgan fingerprint density at radius 3 is 1.25 bits per heavy atom. The molecule has 0 aromatic rings. The number of hydrogen-bond donors (Lipinski definition) is 3. The molecule has 0 fully saturated rings. The van der Waals surface area contributed by atoms with Gasteiger partial charge in [-0.1, -0.05) is 25.7 Å². The molecule has 24 heavy (non-hydrogen) atoms. The zero-order valence-corrected chi connectivity index (χ0v) is 16.7. The monoisotopic (exact) mass is 388 g/mol. The molecule has 0 saturated carbocycles. The van der Waals surface area contributed by atoms with Gasteiger partial charge in [0.2, 0.25) is 0 Å². The maximum atomic E-state index is 11.2. The standard InChI is InChI=1S/C15H32O7S2/c1-14(2,23(17,18)19)11-7-5-9-13(16)10-6-8-12-15(3,4)24(20,21)22/h13,16H,5-12H2,1-4H3,(H,17,18,19)(H,20,21,22). The van der Waals surface area contributed by atoms with Crippen LogP contribution < -0.4 is 0 Å². The molecular weight excluding hydrogens is 356 g/mol. The number of aliphatic hydroxyl groups is 1. The van der Waals surface area contributed by atoms with Crippen molar-refractivity contribution in [2.24, 2.45) is 0 Å². The zero-order chi connectivity index (χ0) is 19.2. The molecule has 0 aromatic carbocycles. The highest BCUT2D eigenvalue weighted by Gasteiger charge is 2.32. The van der Waals surface area contributed by atoms with Crippen molar-refractivity contribution in [1.29, 1.82) is 0 Å². The van der Waals surface area contributed by atoms with Crippen molar-refractivity contribution in [3.63, 3.8) is 0 Å². The second kappa shape index (κ2) is 8.93. The molecule has 0 aliphatic heterocycles. The fourth-order valence-corrected chi connectivity index (χ4v) is 3.07. The van der Waals surface area contributed by atoms with Crippen LogP contribution in [0.1, 0.15) is 79.1 Å². The predicted molar refractivity (Wildman–Crippen MR) is 94.2 cm³/mol. The van der Waals surface area contributed by atoms with Crippen molar-refractivity contribution < 1.29 is 31.0 Å². The maximum Gasteiger partial charge on any atom is 0.270 e. The van der Waals surface area contributed by atoms with E-state index in [1.807, 2.05) is 0 Å². The van der Waals surface area contributed by atoms with E-state index in [1.54, 1.807) is 0 Å². The summed E-state index contributed by atoms with van der Waals surface area (Å²) in [6.45, 7) is 5.87. The molecule has 0 rings (SSSR count). The summed E-state index contributed by atoms with van der Waals surface area (Å²) in [5, 5.41) is 9.89. The van der Waals surface area contributed by atoms with Crippen LogP contribution in [0.4, 0.5) is 0 Å². The fraction of sp³-hybridized carbons (Fsp3) is 1.00. The van der Waals surface area contributed by atoms with E-state index in [9.17, 15) is 21.9 Å². The highest BCUT2D eigenvalue weighted by atomic mass is 32.2. The summed E-state index contributed by atoms with van der Waals surface area (Å²) in [7, 11) is -8.16. The highest BCUT2D eigenvalue weighted by Crippen LogP contribution is 2.25. The first-order valence-electron chi connectivity index (χ1n) is 8.22. The average molecular weight is 389 g/mol. The van der Waals surface area contributed by atoms with Crippen LogP contribution in [0.2, 0.25) is 0 Å². The lowest BCUT2D eigenvalue weighted by atomic mass is 9.99. The Balaban J connectivity index is 3.96. The van der Waals surface area contributed by atoms with Crippen LogP contribution in [0, 0.1) is 0 Å². The Bertz CT molecular complexity index is 525. The van der Waals surface area contributed by atoms with Crippen LogP contribution in [0.25, 0.3) is 0 Å². The normalized spacial score (nSPS) is 14.3. The lowest BCUT2D eigenvalue weighted by Crippen LogP contribution is -2.31. The number of hydrogen-bond acceptors (Lipinski definition) is 5. The Hall–Kier alpha value is -0.220. The van der Waals surface area contributed by atoms with Crippen molar-refractivity contribution in [1.82, 2.24) is 0 Å². The van der Waals surface area contributed by atoms with Crippen molar-refractivity contribution in [3.05, 3.63) is 0 Å². The fourth-order valence-electron chi connectivity index (χ4n) is 2.26. The molecule has 0 unspecified atom stereocenters. The van der Waals surface area contributed by atoms with Crippen LogP contribution in [0.5, 0.6) is 0 Å². The van der Waals surface area contributed by atoms with Crippen LogP contribution >= 0.6 is 0 Å². The van der Waals surface area contributed by atoms with Gasteiger partial charge < -0.3 is 5.11 Å². The van der Waals surface area contributed by atoms with Gasteiger partial charge >= 0.3 is 0 Å². The second-order valence-corrected chi connectivity index (χ2v) is 11.7. The minimum absolute atomic E-state index is 0.321. The summed E-state index contributed by atoms with van der Waals surface area (Å²) in [5.74, 6) is 0. The summed E-state index contributed by atoms with van der Waals surface area (Å²) < 4.78 is 60.4. The summed E-state index contributed by atoms with van der Waals surface area (Å²) in [6, 6.07) is 0. The molecule has 0 aliphatic carbocycles. The molecule has 0 aliphatic rings. The van der Waals surface area contributed by atoms with Gasteiger partial charge in [0.1, 0.15) is 0 Å². The van der Waals surface area contributed by atoms with Crippen LogP contribution in [-0.2, 0) is 20.2 Å². The third-order valence-electron chi connectivity index (χ3n) is 4.53. The predicted octanol–water partition coefficient (Wildman–Crippen LogP) is 2.80. The Morgan fingerprint density at radius 2 is 1.00 bits per heavy atom. The molecule has 9 heteroatoms. The average Bonchev–Trinajstić information content (AvgIpc) is 2.37. The van der Waals surface area contributed by atoms with Gasteiger partial charge in [0.25, 0.3) is 20.2 Å². The molecule has 0 amide bonds. The Labute approximate surface area is 146 Å². The molecule has 0 heterocycles. The van der Waals surface area contributed by atoms with Crippen molar-refractivity contribution in [3.8, 4) is 0 Å². The third-order valence-corrected chi connectivity index (χ3v) is 7.73. The molecule has 0 bridgehead atoms. The minimum atomic E-state index is -4.08. The van der Waals surface area contributed by atoms with Gasteiger partial charge in [0, 0.05) is 0 Å². The molecule has 0 aromatic heterocycles. The smallest absolute Gasteiger partial charge is 0.270 e. The van der Waals surface area contributed by atoms with E-state index in [2.05, 4.69) is 0 Å². The largest absolute Gasteiger partial charge is 0.393 e. The summed E-state index contributed by atoms with van der Waals surface area (Å²) in [6.07, 6.45) is 3.65. The topological polar surface area (TPSA) is 129 Å². The lowest BCUT2D eigenvalue weighted by Gasteiger charge is -2.21. The number of aliphatic hydroxyl groups excluding tert-OH is 1. The van der Waals surface area contributed by atoms with Gasteiger partial charge in [-0.05, 0) is 53.4 Å². The van der Waals surface area contributed by atoms with E-state index in [4.69, 9.17) is 9.11 Å². The Kier molecular flexibility index (Phi) is 8.85. The van der Waals surface area contributed by atoms with Crippen LogP contribution in [-0.4, -0.2) is 46.6 Å². The first kappa shape index (κ1) is 23.8. The third kappa shape index (κ3) is 8.24. The van der Waals surface area contributed by atoms with E-state index in [0.29, 0.717) is 51.4 Å². The van der Waals surface area contributed by atoms with Gasteiger partial charge in [0.15, 0.2) is 0 Å². The second-order valence-electron chi connectivity index (χ2n) is 7.61. The van der Waals surface area contributed by atoms with E-state index < -0.39 is 35.8 Å². The molecular formula is C15H32O7S2. The molecule has 0 spiro atoms. The van der Waals surface area contributed by atoms with E-state index in [1.165, 1.54) is 27.7 Å². The van der Waals surface area contributed by atoms with E-state index in [0.717, 1.165) is 0 Å². The van der Waals surface area contributed by atoms with Gasteiger partial charge in [-0.25, -0.2) is 0 Å². The lowest BCUT2D eigenvalue weighted by molar-refractivity contribution is 0.146. The molecule has 146 valence electrons. The van der Waals surface area contributed by atoms with Crippen LogP contribution in [0.15, 0.2) is 0 Å². The minimum Gasteiger partial charge on any atom is -0.393 e.